The van der Waals surface area contributed by atoms with Gasteiger partial charge >= 0.3 is 0 Å². The van der Waals surface area contributed by atoms with Crippen LogP contribution < -0.4 is 9.64 Å². The van der Waals surface area contributed by atoms with Crippen molar-refractivity contribution in [3.8, 4) is 5.75 Å². The number of ether oxygens (including phenoxy) is 1. The van der Waals surface area contributed by atoms with Crippen LogP contribution in [0, 0.1) is 20.8 Å². The minimum absolute atomic E-state index is 0.598. The summed E-state index contributed by atoms with van der Waals surface area (Å²) in [4.78, 5) is 2.11. The highest BCUT2D eigenvalue weighted by Gasteiger charge is 2.20. The lowest BCUT2D eigenvalue weighted by Gasteiger charge is -2.30. The second kappa shape index (κ2) is 5.19. The summed E-state index contributed by atoms with van der Waals surface area (Å²) in [6, 6.07) is 2.05. The molecular weight excluding hydrogens is 226 g/mol. The largest absolute Gasteiger partial charge is 0.496 e. The van der Waals surface area contributed by atoms with Crippen molar-refractivity contribution in [1.29, 1.82) is 0 Å². The molecule has 0 amide bonds. The first-order chi connectivity index (χ1) is 8.17. The highest BCUT2D eigenvalue weighted by atomic mass is 16.5. The molecule has 0 saturated carbocycles. The average Bonchev–Trinajstić information content (AvgIpc) is 2.20. The summed E-state index contributed by atoms with van der Waals surface area (Å²) < 4.78 is 5.37. The Morgan fingerprint density at radius 1 is 1.22 bits per heavy atom. The van der Waals surface area contributed by atoms with Gasteiger partial charge in [0.15, 0.2) is 0 Å². The van der Waals surface area contributed by atoms with E-state index in [1.165, 1.54) is 16.8 Å². The van der Waals surface area contributed by atoms with Crippen molar-refractivity contribution in [1.82, 2.24) is 0 Å². The fraction of sp³-hybridized carbons (Fsp3) is 0.600. The highest BCUT2D eigenvalue weighted by Crippen LogP contribution is 2.33. The Morgan fingerprint density at radius 3 is 2.22 bits per heavy atom. The number of nitrogens with zero attached hydrogens (tertiary/aromatic N) is 1. The number of aliphatic hydroxyl groups is 1. The van der Waals surface area contributed by atoms with Crippen molar-refractivity contribution in [3.05, 3.63) is 22.8 Å². The lowest BCUT2D eigenvalue weighted by Crippen LogP contribution is -2.37. The van der Waals surface area contributed by atoms with Crippen LogP contribution in [0.4, 0.5) is 5.69 Å². The number of hydrogen-bond acceptors (Lipinski definition) is 3. The first-order valence-electron chi connectivity index (χ1n) is 6.25. The minimum atomic E-state index is -0.707. The third-order valence-electron chi connectivity index (χ3n) is 3.23. The minimum Gasteiger partial charge on any atom is -0.496 e. The van der Waals surface area contributed by atoms with Gasteiger partial charge in [0.05, 0.1) is 12.7 Å². The van der Waals surface area contributed by atoms with Gasteiger partial charge in [-0.05, 0) is 57.4 Å². The molecule has 0 aromatic heterocycles. The zero-order valence-corrected chi connectivity index (χ0v) is 12.6. The molecule has 0 aliphatic carbocycles. The number of benzene rings is 1. The van der Waals surface area contributed by atoms with Crippen molar-refractivity contribution < 1.29 is 9.84 Å². The van der Waals surface area contributed by atoms with Crippen LogP contribution in [-0.2, 0) is 0 Å². The van der Waals surface area contributed by atoms with Crippen LogP contribution >= 0.6 is 0 Å². The number of anilines is 1. The molecule has 0 fully saturated rings. The van der Waals surface area contributed by atoms with Gasteiger partial charge in [-0.25, -0.2) is 0 Å². The second-order valence-corrected chi connectivity index (χ2v) is 5.66. The summed E-state index contributed by atoms with van der Waals surface area (Å²) in [6.45, 7) is 10.5. The van der Waals surface area contributed by atoms with Gasteiger partial charge in [0.1, 0.15) is 5.75 Å². The maximum absolute atomic E-state index is 9.93. The number of likely N-dealkylation sites (N-methyl/N-ethyl adjacent to an activating group) is 1. The van der Waals surface area contributed by atoms with E-state index in [-0.39, 0.29) is 0 Å². The van der Waals surface area contributed by atoms with Crippen molar-refractivity contribution in [3.63, 3.8) is 0 Å². The van der Waals surface area contributed by atoms with Crippen LogP contribution in [0.5, 0.6) is 5.75 Å². The van der Waals surface area contributed by atoms with Gasteiger partial charge in [-0.3, -0.25) is 0 Å². The molecule has 0 atom stereocenters. The van der Waals surface area contributed by atoms with Crippen molar-refractivity contribution in [2.24, 2.45) is 0 Å². The summed E-state index contributed by atoms with van der Waals surface area (Å²) in [5.74, 6) is 0.922. The van der Waals surface area contributed by atoms with Gasteiger partial charge in [-0.1, -0.05) is 0 Å². The first kappa shape index (κ1) is 14.8. The Hall–Kier alpha value is -1.22. The molecule has 0 radical (unpaired) electrons. The van der Waals surface area contributed by atoms with Crippen LogP contribution in [-0.4, -0.2) is 31.4 Å². The molecule has 3 heteroatoms. The van der Waals surface area contributed by atoms with E-state index in [2.05, 4.69) is 31.7 Å². The smallest absolute Gasteiger partial charge is 0.122 e. The quantitative estimate of drug-likeness (QED) is 0.893. The summed E-state index contributed by atoms with van der Waals surface area (Å²) >= 11 is 0. The monoisotopic (exact) mass is 251 g/mol. The van der Waals surface area contributed by atoms with Gasteiger partial charge in [-0.15, -0.1) is 0 Å². The predicted molar refractivity (Wildman–Crippen MR) is 76.8 cm³/mol. The number of rotatable bonds is 4. The Morgan fingerprint density at radius 2 is 1.78 bits per heavy atom. The molecule has 18 heavy (non-hydrogen) atoms. The summed E-state index contributed by atoms with van der Waals surface area (Å²) in [6.07, 6.45) is 0. The van der Waals surface area contributed by atoms with Crippen molar-refractivity contribution >= 4 is 5.69 Å². The third kappa shape index (κ3) is 3.16. The molecule has 3 nitrogen and oxygen atoms in total. The van der Waals surface area contributed by atoms with Crippen LogP contribution in [0.3, 0.4) is 0 Å². The third-order valence-corrected chi connectivity index (χ3v) is 3.23. The first-order valence-corrected chi connectivity index (χ1v) is 6.25. The molecule has 0 aliphatic rings. The molecule has 0 aliphatic heterocycles. The van der Waals surface area contributed by atoms with Crippen LogP contribution in [0.25, 0.3) is 0 Å². The van der Waals surface area contributed by atoms with Gasteiger partial charge < -0.3 is 14.7 Å². The van der Waals surface area contributed by atoms with Crippen LogP contribution in [0.2, 0.25) is 0 Å². The zero-order chi connectivity index (χ0) is 14.1. The fourth-order valence-electron chi connectivity index (χ4n) is 2.49. The fourth-order valence-corrected chi connectivity index (χ4v) is 2.49. The number of aryl methyl sites for hydroxylation is 1. The Labute approximate surface area is 110 Å². The molecule has 0 saturated heterocycles. The maximum Gasteiger partial charge on any atom is 0.122 e. The van der Waals surface area contributed by atoms with Gasteiger partial charge in [0.25, 0.3) is 0 Å². The predicted octanol–water partition coefficient (Wildman–Crippen LogP) is 2.83. The van der Waals surface area contributed by atoms with E-state index in [9.17, 15) is 5.11 Å². The number of methoxy groups -OCH3 is 1. The van der Waals surface area contributed by atoms with E-state index in [1.807, 2.05) is 20.9 Å². The van der Waals surface area contributed by atoms with E-state index in [0.717, 1.165) is 11.3 Å². The van der Waals surface area contributed by atoms with E-state index >= 15 is 0 Å². The van der Waals surface area contributed by atoms with Gasteiger partial charge in [0.2, 0.25) is 0 Å². The van der Waals surface area contributed by atoms with Crippen LogP contribution in [0.15, 0.2) is 6.07 Å². The molecular formula is C15H25NO2. The Balaban J connectivity index is 3.21. The molecule has 1 aromatic carbocycles. The zero-order valence-electron chi connectivity index (χ0n) is 12.6. The van der Waals surface area contributed by atoms with Crippen LogP contribution in [0.1, 0.15) is 30.5 Å². The van der Waals surface area contributed by atoms with E-state index in [1.54, 1.807) is 7.11 Å². The SMILES string of the molecule is COc1cc(C)c(N(C)CC(C)(C)O)c(C)c1C. The van der Waals surface area contributed by atoms with Gasteiger partial charge in [0, 0.05) is 19.3 Å². The second-order valence-electron chi connectivity index (χ2n) is 5.66. The topological polar surface area (TPSA) is 32.7 Å². The van der Waals surface area contributed by atoms with E-state index in [4.69, 9.17) is 4.74 Å². The van der Waals surface area contributed by atoms with E-state index in [0.29, 0.717) is 6.54 Å². The molecule has 102 valence electrons. The average molecular weight is 251 g/mol. The molecule has 0 spiro atoms. The molecule has 1 rings (SSSR count). The van der Waals surface area contributed by atoms with E-state index < -0.39 is 5.60 Å². The standard InChI is InChI=1S/C15H25NO2/c1-10-8-13(18-7)11(2)12(3)14(10)16(6)9-15(4,5)17/h8,17H,9H2,1-7H3. The summed E-state index contributed by atoms with van der Waals surface area (Å²) in [5, 5.41) is 9.93. The molecule has 0 bridgehead atoms. The molecule has 1 aromatic rings. The highest BCUT2D eigenvalue weighted by molar-refractivity contribution is 5.64. The normalized spacial score (nSPS) is 11.6. The van der Waals surface area contributed by atoms with Gasteiger partial charge in [-0.2, -0.15) is 0 Å². The molecule has 0 unspecified atom stereocenters. The number of hydrogen-bond donors (Lipinski definition) is 1. The Kier molecular flexibility index (Phi) is 4.28. The summed E-state index contributed by atoms with van der Waals surface area (Å²) in [5.41, 5.74) is 4.00. The molecule has 0 heterocycles. The molecule has 1 N–H and O–H groups in total. The van der Waals surface area contributed by atoms with Crippen molar-refractivity contribution in [2.45, 2.75) is 40.2 Å². The Bertz CT molecular complexity index is 433. The summed E-state index contributed by atoms with van der Waals surface area (Å²) in [7, 11) is 3.71. The maximum atomic E-state index is 9.93. The lowest BCUT2D eigenvalue weighted by atomic mass is 10.00. The lowest BCUT2D eigenvalue weighted by molar-refractivity contribution is 0.0886. The van der Waals surface area contributed by atoms with Crippen molar-refractivity contribution in [2.75, 3.05) is 25.6 Å².